The number of aryl methyl sites for hydroxylation is 2. The quantitative estimate of drug-likeness (QED) is 0.555. The highest BCUT2D eigenvalue weighted by Gasteiger charge is 2.16. The van der Waals surface area contributed by atoms with E-state index >= 15 is 0 Å². The number of carbonyl (C=O) groups excluding carboxylic acids is 1. The molecule has 4 rings (SSSR count). The molecular formula is C18H14N8O2. The molecule has 1 amide bonds. The van der Waals surface area contributed by atoms with E-state index in [-0.39, 0.29) is 11.5 Å². The zero-order valence-electron chi connectivity index (χ0n) is 15.0. The third kappa shape index (κ3) is 2.90. The van der Waals surface area contributed by atoms with Crippen molar-refractivity contribution in [3.63, 3.8) is 0 Å². The summed E-state index contributed by atoms with van der Waals surface area (Å²) in [5.41, 5.74) is 1.36. The molecule has 138 valence electrons. The van der Waals surface area contributed by atoms with Gasteiger partial charge in [0.1, 0.15) is 11.2 Å². The maximum absolute atomic E-state index is 12.6. The number of aromatic nitrogens is 6. The molecule has 0 saturated carbocycles. The third-order valence-corrected chi connectivity index (χ3v) is 4.12. The second kappa shape index (κ2) is 6.48. The summed E-state index contributed by atoms with van der Waals surface area (Å²) < 4.78 is 2.82. The van der Waals surface area contributed by atoms with E-state index in [1.165, 1.54) is 21.6 Å². The van der Waals surface area contributed by atoms with Crippen molar-refractivity contribution in [2.45, 2.75) is 6.92 Å². The van der Waals surface area contributed by atoms with Gasteiger partial charge in [0.15, 0.2) is 5.65 Å². The standard InChI is InChI=1S/C18H14N8O2/c1-10-6-14(21-16(27)12-5-3-4-11(7-12)8-19)26(24-10)18-22-15-13(17(28)23-18)9-20-25(15)2/h3-7,9H,1-2H3,(H,21,27)(H,22,23,28). The molecule has 4 aromatic rings. The predicted octanol–water partition coefficient (Wildman–Crippen LogP) is 1.27. The number of anilines is 1. The van der Waals surface area contributed by atoms with E-state index in [9.17, 15) is 9.59 Å². The highest BCUT2D eigenvalue weighted by molar-refractivity contribution is 6.04. The number of aromatic amines is 1. The Morgan fingerprint density at radius 1 is 1.32 bits per heavy atom. The van der Waals surface area contributed by atoms with Crippen molar-refractivity contribution in [2.24, 2.45) is 7.05 Å². The average molecular weight is 374 g/mol. The Morgan fingerprint density at radius 3 is 2.93 bits per heavy atom. The normalized spacial score (nSPS) is 10.8. The molecule has 0 saturated heterocycles. The molecule has 0 radical (unpaired) electrons. The van der Waals surface area contributed by atoms with E-state index in [0.717, 1.165) is 0 Å². The minimum absolute atomic E-state index is 0.148. The summed E-state index contributed by atoms with van der Waals surface area (Å²) in [6, 6.07) is 9.99. The molecule has 0 aliphatic carbocycles. The van der Waals surface area contributed by atoms with Gasteiger partial charge in [0.2, 0.25) is 5.95 Å². The van der Waals surface area contributed by atoms with Gasteiger partial charge in [-0.25, -0.2) is 0 Å². The van der Waals surface area contributed by atoms with Crippen LogP contribution in [0, 0.1) is 18.3 Å². The summed E-state index contributed by atoms with van der Waals surface area (Å²) in [5, 5.41) is 20.4. The number of amides is 1. The van der Waals surface area contributed by atoms with Gasteiger partial charge in [-0.3, -0.25) is 19.3 Å². The number of fused-ring (bicyclic) bond motifs is 1. The van der Waals surface area contributed by atoms with Gasteiger partial charge >= 0.3 is 0 Å². The van der Waals surface area contributed by atoms with E-state index in [1.54, 1.807) is 38.2 Å². The minimum Gasteiger partial charge on any atom is -0.306 e. The Kier molecular flexibility index (Phi) is 3.97. The van der Waals surface area contributed by atoms with Crippen molar-refractivity contribution in [2.75, 3.05) is 5.32 Å². The minimum atomic E-state index is -0.415. The molecular weight excluding hydrogens is 360 g/mol. The number of H-pyrrole nitrogens is 1. The molecule has 0 atom stereocenters. The van der Waals surface area contributed by atoms with Crippen molar-refractivity contribution in [1.29, 1.82) is 5.26 Å². The van der Waals surface area contributed by atoms with Crippen LogP contribution in [0.1, 0.15) is 21.6 Å². The van der Waals surface area contributed by atoms with Gasteiger partial charge in [0.05, 0.1) is 23.5 Å². The molecule has 0 fully saturated rings. The van der Waals surface area contributed by atoms with Crippen LogP contribution in [0.5, 0.6) is 0 Å². The van der Waals surface area contributed by atoms with Crippen LogP contribution >= 0.6 is 0 Å². The number of nitriles is 1. The zero-order chi connectivity index (χ0) is 19.8. The van der Waals surface area contributed by atoms with E-state index in [1.807, 2.05) is 6.07 Å². The number of nitrogens with one attached hydrogen (secondary N) is 2. The summed E-state index contributed by atoms with van der Waals surface area (Å²) in [6.07, 6.45) is 1.43. The molecule has 0 aliphatic heterocycles. The maximum atomic E-state index is 12.6. The number of rotatable bonds is 3. The maximum Gasteiger partial charge on any atom is 0.263 e. The first-order valence-electron chi connectivity index (χ1n) is 8.27. The van der Waals surface area contributed by atoms with E-state index < -0.39 is 5.91 Å². The molecule has 3 aromatic heterocycles. The van der Waals surface area contributed by atoms with Crippen LogP contribution in [0.3, 0.4) is 0 Å². The van der Waals surface area contributed by atoms with E-state index in [4.69, 9.17) is 5.26 Å². The number of carbonyl (C=O) groups is 1. The molecule has 2 N–H and O–H groups in total. The first-order chi connectivity index (χ1) is 13.5. The van der Waals surface area contributed by atoms with Crippen LogP contribution in [-0.4, -0.2) is 35.4 Å². The lowest BCUT2D eigenvalue weighted by molar-refractivity contribution is 0.102. The lowest BCUT2D eigenvalue weighted by Crippen LogP contribution is -2.19. The molecule has 0 spiro atoms. The van der Waals surface area contributed by atoms with Crippen molar-refractivity contribution in [3.8, 4) is 12.0 Å². The fourth-order valence-electron chi connectivity index (χ4n) is 2.79. The molecule has 10 nitrogen and oxygen atoms in total. The second-order valence-electron chi connectivity index (χ2n) is 6.12. The van der Waals surface area contributed by atoms with Crippen molar-refractivity contribution < 1.29 is 4.79 Å². The molecule has 10 heteroatoms. The number of hydrogen-bond acceptors (Lipinski definition) is 6. The zero-order valence-corrected chi connectivity index (χ0v) is 15.0. The second-order valence-corrected chi connectivity index (χ2v) is 6.12. The van der Waals surface area contributed by atoms with Crippen LogP contribution in [0.25, 0.3) is 17.0 Å². The summed E-state index contributed by atoms with van der Waals surface area (Å²) in [6.45, 7) is 1.75. The van der Waals surface area contributed by atoms with Gasteiger partial charge in [-0.05, 0) is 25.1 Å². The highest BCUT2D eigenvalue weighted by atomic mass is 16.2. The topological polar surface area (TPSA) is 134 Å². The van der Waals surface area contributed by atoms with Crippen molar-refractivity contribution >= 4 is 22.8 Å². The third-order valence-electron chi connectivity index (χ3n) is 4.12. The van der Waals surface area contributed by atoms with Gasteiger partial charge in [0, 0.05) is 18.7 Å². The highest BCUT2D eigenvalue weighted by Crippen LogP contribution is 2.17. The van der Waals surface area contributed by atoms with E-state index in [2.05, 4.69) is 25.5 Å². The smallest absolute Gasteiger partial charge is 0.263 e. The molecule has 28 heavy (non-hydrogen) atoms. The molecule has 1 aromatic carbocycles. The largest absolute Gasteiger partial charge is 0.306 e. The Balaban J connectivity index is 1.75. The predicted molar refractivity (Wildman–Crippen MR) is 100 cm³/mol. The number of benzene rings is 1. The fourth-order valence-corrected chi connectivity index (χ4v) is 2.79. The Hall–Kier alpha value is -4.26. The summed E-state index contributed by atoms with van der Waals surface area (Å²) in [5.74, 6) is 0.0620. The summed E-state index contributed by atoms with van der Waals surface area (Å²) >= 11 is 0. The Bertz CT molecular complexity index is 1320. The molecule has 0 unspecified atom stereocenters. The molecule has 3 heterocycles. The van der Waals surface area contributed by atoms with Gasteiger partial charge in [-0.1, -0.05) is 6.07 Å². The number of hydrogen-bond donors (Lipinski definition) is 2. The lowest BCUT2D eigenvalue weighted by atomic mass is 10.1. The van der Waals surface area contributed by atoms with Crippen LogP contribution < -0.4 is 10.9 Å². The Morgan fingerprint density at radius 2 is 2.14 bits per heavy atom. The fraction of sp³-hybridized carbons (Fsp3) is 0.111. The van der Waals surface area contributed by atoms with Crippen molar-refractivity contribution in [3.05, 3.63) is 63.7 Å². The van der Waals surface area contributed by atoms with Crippen molar-refractivity contribution in [1.82, 2.24) is 29.5 Å². The first kappa shape index (κ1) is 17.2. The molecule has 0 aliphatic rings. The first-order valence-corrected chi connectivity index (χ1v) is 8.27. The summed E-state index contributed by atoms with van der Waals surface area (Å²) in [4.78, 5) is 32.0. The van der Waals surface area contributed by atoms with Crippen LogP contribution in [0.4, 0.5) is 5.82 Å². The van der Waals surface area contributed by atoms with Crippen LogP contribution in [-0.2, 0) is 7.05 Å². The SMILES string of the molecule is Cc1cc(NC(=O)c2cccc(C#N)c2)n(-c2nc3c(cnn3C)c(=O)[nH]2)n1. The summed E-state index contributed by atoms with van der Waals surface area (Å²) in [7, 11) is 1.68. The lowest BCUT2D eigenvalue weighted by Gasteiger charge is -2.08. The van der Waals surface area contributed by atoms with E-state index in [0.29, 0.717) is 33.7 Å². The van der Waals surface area contributed by atoms with Gasteiger partial charge in [-0.2, -0.15) is 25.1 Å². The average Bonchev–Trinajstić information content (AvgIpc) is 3.24. The molecule has 0 bridgehead atoms. The van der Waals surface area contributed by atoms with Crippen LogP contribution in [0.2, 0.25) is 0 Å². The Labute approximate surface area is 158 Å². The monoisotopic (exact) mass is 374 g/mol. The number of nitrogens with zero attached hydrogens (tertiary/aromatic N) is 6. The van der Waals surface area contributed by atoms with Gasteiger partial charge in [-0.15, -0.1) is 0 Å². The van der Waals surface area contributed by atoms with Crippen LogP contribution in [0.15, 0.2) is 41.3 Å². The van der Waals surface area contributed by atoms with Gasteiger partial charge in [0.25, 0.3) is 11.5 Å². The van der Waals surface area contributed by atoms with Gasteiger partial charge < -0.3 is 5.32 Å².